The first-order valence-electron chi connectivity index (χ1n) is 12.4. The van der Waals surface area contributed by atoms with Gasteiger partial charge in [0.2, 0.25) is 0 Å². The van der Waals surface area contributed by atoms with Crippen LogP contribution in [0.15, 0.2) is 83.3 Å². The number of benzene rings is 2. The number of alkyl halides is 3. The third-order valence-electron chi connectivity index (χ3n) is 6.19. The minimum atomic E-state index is -4.36. The van der Waals surface area contributed by atoms with Crippen molar-refractivity contribution in [2.45, 2.75) is 44.8 Å². The Morgan fingerprint density at radius 2 is 1.95 bits per heavy atom. The number of hydrogen-bond acceptors (Lipinski definition) is 4. The molecule has 4 nitrogen and oxygen atoms in total. The summed E-state index contributed by atoms with van der Waals surface area (Å²) in [6.45, 7) is 2.13. The van der Waals surface area contributed by atoms with Crippen molar-refractivity contribution in [2.24, 2.45) is 10.7 Å². The van der Waals surface area contributed by atoms with Crippen molar-refractivity contribution in [3.63, 3.8) is 0 Å². The van der Waals surface area contributed by atoms with Crippen molar-refractivity contribution in [3.05, 3.63) is 95.0 Å². The molecule has 1 aliphatic carbocycles. The first kappa shape index (κ1) is 27.5. The number of rotatable bonds is 6. The van der Waals surface area contributed by atoms with Crippen molar-refractivity contribution in [1.29, 1.82) is 0 Å². The number of aromatic nitrogens is 1. The largest absolute Gasteiger partial charge is 0.416 e. The Morgan fingerprint density at radius 3 is 2.66 bits per heavy atom. The molecule has 0 amide bonds. The molecule has 3 N–H and O–H groups in total. The lowest BCUT2D eigenvalue weighted by molar-refractivity contribution is -0.137. The van der Waals surface area contributed by atoms with Crippen LogP contribution in [0.1, 0.15) is 42.9 Å². The molecule has 8 heteroatoms. The van der Waals surface area contributed by atoms with Gasteiger partial charge in [0.15, 0.2) is 0 Å². The molecule has 0 saturated heterocycles. The summed E-state index contributed by atoms with van der Waals surface area (Å²) in [7, 11) is 0. The average molecular weight is 535 g/mol. The van der Waals surface area contributed by atoms with Gasteiger partial charge in [-0.1, -0.05) is 36.3 Å². The number of fused-ring (bicyclic) bond motifs is 1. The molecule has 0 radical (unpaired) electrons. The first-order valence-corrected chi connectivity index (χ1v) is 12.8. The lowest BCUT2D eigenvalue weighted by atomic mass is 10.0. The Bertz CT molecular complexity index is 1440. The molecule has 1 heterocycles. The highest BCUT2D eigenvalue weighted by Gasteiger charge is 2.29. The highest BCUT2D eigenvalue weighted by Crippen LogP contribution is 2.29. The van der Waals surface area contributed by atoms with Gasteiger partial charge in [-0.3, -0.25) is 9.98 Å². The van der Waals surface area contributed by atoms with Gasteiger partial charge in [-0.2, -0.15) is 13.2 Å². The summed E-state index contributed by atoms with van der Waals surface area (Å²) < 4.78 is 38.4. The average Bonchev–Trinajstić information content (AvgIpc) is 3.43. The summed E-state index contributed by atoms with van der Waals surface area (Å²) >= 11 is 4.81. The van der Waals surface area contributed by atoms with Crippen molar-refractivity contribution < 1.29 is 13.2 Å². The second kappa shape index (κ2) is 12.3. The van der Waals surface area contributed by atoms with Crippen LogP contribution in [0.3, 0.4) is 0 Å². The number of thiol groups is 1. The standard InChI is InChI=1S/C30H29F3N4S/c1-20(36-19-27(34)16-22-6-11-26(12-7-22)30(31,32)33)37-28(13-8-21-4-2-3-5-21)29(38)24-9-10-25-18-35-15-14-23(25)17-24/h4,6-7,9-12,14-15,17-18,27,38H,2-3,5,16,19,34H2,1H3,(H,36,37)/b29-28-/t27-/m0/s1. The smallest absolute Gasteiger partial charge is 0.336 e. The van der Waals surface area contributed by atoms with E-state index in [1.807, 2.05) is 37.4 Å². The predicted molar refractivity (Wildman–Crippen MR) is 152 cm³/mol. The predicted octanol–water partition coefficient (Wildman–Crippen LogP) is 6.54. The molecule has 38 heavy (non-hydrogen) atoms. The van der Waals surface area contributed by atoms with Gasteiger partial charge in [-0.25, -0.2) is 0 Å². The topological polar surface area (TPSA) is 63.3 Å². The van der Waals surface area contributed by atoms with Gasteiger partial charge in [0.25, 0.3) is 0 Å². The summed E-state index contributed by atoms with van der Waals surface area (Å²) in [5.74, 6) is 7.12. The molecule has 196 valence electrons. The van der Waals surface area contributed by atoms with Crippen LogP contribution in [-0.4, -0.2) is 23.4 Å². The van der Waals surface area contributed by atoms with E-state index in [2.05, 4.69) is 33.2 Å². The highest BCUT2D eigenvalue weighted by atomic mass is 32.1. The maximum atomic E-state index is 12.8. The number of halogens is 3. The monoisotopic (exact) mass is 534 g/mol. The molecule has 1 aromatic heterocycles. The number of hydrogen-bond donors (Lipinski definition) is 3. The molecule has 4 rings (SSSR count). The number of allylic oxidation sites excluding steroid dienone is 3. The third kappa shape index (κ3) is 7.50. The minimum Gasteiger partial charge on any atom is -0.336 e. The van der Waals surface area contributed by atoms with Gasteiger partial charge >= 0.3 is 6.18 Å². The molecule has 0 fully saturated rings. The molecular formula is C30H29F3N4S. The number of nitrogens with two attached hydrogens (primary N) is 1. The van der Waals surface area contributed by atoms with Crippen LogP contribution in [0.4, 0.5) is 13.2 Å². The Balaban J connectivity index is 1.50. The second-order valence-electron chi connectivity index (χ2n) is 9.24. The van der Waals surface area contributed by atoms with Crippen LogP contribution in [0.2, 0.25) is 0 Å². The van der Waals surface area contributed by atoms with E-state index >= 15 is 0 Å². The van der Waals surface area contributed by atoms with Gasteiger partial charge < -0.3 is 11.1 Å². The van der Waals surface area contributed by atoms with Crippen LogP contribution >= 0.6 is 12.6 Å². The SMILES string of the molecule is CC(=NC[C@@H](N)Cc1ccc(C(F)(F)F)cc1)N/C(C#CC1=CCCC1)=C(\S)c1ccc2cnccc2c1. The van der Waals surface area contributed by atoms with Crippen LogP contribution in [-0.2, 0) is 12.6 Å². The summed E-state index contributed by atoms with van der Waals surface area (Å²) in [6.07, 6.45) is 4.91. The van der Waals surface area contributed by atoms with Gasteiger partial charge in [-0.15, -0.1) is 12.6 Å². The molecule has 0 bridgehead atoms. The third-order valence-corrected chi connectivity index (χ3v) is 6.67. The van der Waals surface area contributed by atoms with Crippen LogP contribution in [0.5, 0.6) is 0 Å². The van der Waals surface area contributed by atoms with E-state index in [1.54, 1.807) is 6.20 Å². The minimum absolute atomic E-state index is 0.302. The van der Waals surface area contributed by atoms with Gasteiger partial charge in [0.1, 0.15) is 5.70 Å². The second-order valence-corrected chi connectivity index (χ2v) is 9.69. The number of pyridine rings is 1. The first-order chi connectivity index (χ1) is 18.2. The van der Waals surface area contributed by atoms with Crippen LogP contribution in [0, 0.1) is 11.8 Å². The van der Waals surface area contributed by atoms with Gasteiger partial charge in [-0.05, 0) is 84.9 Å². The lowest BCUT2D eigenvalue weighted by Crippen LogP contribution is -2.28. The Morgan fingerprint density at radius 1 is 1.16 bits per heavy atom. The summed E-state index contributed by atoms with van der Waals surface area (Å²) in [5, 5.41) is 5.38. The molecule has 2 aromatic carbocycles. The van der Waals surface area contributed by atoms with E-state index in [0.717, 1.165) is 58.9 Å². The maximum Gasteiger partial charge on any atom is 0.416 e. The molecule has 0 saturated carbocycles. The number of aliphatic imine (C=N–C) groups is 1. The van der Waals surface area contributed by atoms with Gasteiger partial charge in [0.05, 0.1) is 17.9 Å². The highest BCUT2D eigenvalue weighted by molar-refractivity contribution is 7.90. The fourth-order valence-corrected chi connectivity index (χ4v) is 4.37. The molecule has 3 aromatic rings. The van der Waals surface area contributed by atoms with Crippen LogP contribution < -0.4 is 11.1 Å². The number of nitrogens with one attached hydrogen (secondary N) is 1. The zero-order valence-corrected chi connectivity index (χ0v) is 21.9. The van der Waals surface area contributed by atoms with E-state index < -0.39 is 11.7 Å². The summed E-state index contributed by atoms with van der Waals surface area (Å²) in [6, 6.07) is 12.7. The maximum absolute atomic E-state index is 12.8. The van der Waals surface area contributed by atoms with Crippen molar-refractivity contribution in [1.82, 2.24) is 10.3 Å². The van der Waals surface area contributed by atoms with Gasteiger partial charge in [0, 0.05) is 28.7 Å². The molecule has 1 atom stereocenters. The van der Waals surface area contributed by atoms with Crippen molar-refractivity contribution in [3.8, 4) is 11.8 Å². The summed E-state index contributed by atoms with van der Waals surface area (Å²) in [4.78, 5) is 9.42. The molecule has 0 aliphatic heterocycles. The zero-order chi connectivity index (χ0) is 27.1. The normalized spacial score (nSPS) is 15.4. The Kier molecular flexibility index (Phi) is 8.93. The van der Waals surface area contributed by atoms with E-state index in [4.69, 9.17) is 18.4 Å². The Hall–Kier alpha value is -3.54. The zero-order valence-electron chi connectivity index (χ0n) is 21.0. The van der Waals surface area contributed by atoms with Crippen molar-refractivity contribution >= 4 is 34.1 Å². The Labute approximate surface area is 226 Å². The number of amidine groups is 1. The number of nitrogens with zero attached hydrogens (tertiary/aromatic N) is 2. The molecule has 1 aliphatic rings. The molecule has 0 spiro atoms. The van der Waals surface area contributed by atoms with E-state index in [1.165, 1.54) is 12.1 Å². The van der Waals surface area contributed by atoms with E-state index in [-0.39, 0.29) is 6.04 Å². The van der Waals surface area contributed by atoms with Crippen molar-refractivity contribution in [2.75, 3.05) is 6.54 Å². The van der Waals surface area contributed by atoms with Crippen LogP contribution in [0.25, 0.3) is 15.7 Å². The fourth-order valence-electron chi connectivity index (χ4n) is 4.12. The molecular weight excluding hydrogens is 505 g/mol. The lowest BCUT2D eigenvalue weighted by Gasteiger charge is -2.13. The van der Waals surface area contributed by atoms with E-state index in [0.29, 0.717) is 29.4 Å². The van der Waals surface area contributed by atoms with E-state index in [9.17, 15) is 13.2 Å². The molecule has 0 unspecified atom stereocenters. The fraction of sp³-hybridized carbons (Fsp3) is 0.267. The summed E-state index contributed by atoms with van der Waals surface area (Å²) in [5.41, 5.74) is 8.94. The quantitative estimate of drug-likeness (QED) is 0.146.